The zero-order valence-electron chi connectivity index (χ0n) is 6.59. The molecule has 0 atom stereocenters. The summed E-state index contributed by atoms with van der Waals surface area (Å²) in [7, 11) is 3.85. The molecule has 0 heterocycles. The molecule has 9 heavy (non-hydrogen) atoms. The smallest absolute Gasteiger partial charge is 0.0558 e. The fourth-order valence-corrected chi connectivity index (χ4v) is 0.200. The quantitative estimate of drug-likeness (QED) is 0.558. The number of nitrogens with zero attached hydrogens (tertiary/aromatic N) is 1. The van der Waals surface area contributed by atoms with Crippen LogP contribution in [0.1, 0.15) is 6.92 Å². The van der Waals surface area contributed by atoms with Gasteiger partial charge < -0.3 is 10.0 Å². The zero-order chi connectivity index (χ0) is 7.70. The van der Waals surface area contributed by atoms with Gasteiger partial charge in [0.1, 0.15) is 0 Å². The monoisotopic (exact) mass is 131 g/mol. The first-order valence-corrected chi connectivity index (χ1v) is 3.01. The third-order valence-corrected chi connectivity index (χ3v) is 0.547. The maximum absolute atomic E-state index is 8.20. The minimum Gasteiger partial charge on any atom is -0.395 e. The molecule has 2 heteroatoms. The van der Waals surface area contributed by atoms with E-state index < -0.39 is 0 Å². The van der Waals surface area contributed by atoms with Crippen molar-refractivity contribution in [3.8, 4) is 0 Å². The van der Waals surface area contributed by atoms with Gasteiger partial charge in [-0.15, -0.1) is 6.58 Å². The summed E-state index contributed by atoms with van der Waals surface area (Å²) in [6.45, 7) is 6.27. The maximum Gasteiger partial charge on any atom is 0.0558 e. The van der Waals surface area contributed by atoms with E-state index in [4.69, 9.17) is 5.11 Å². The Hall–Kier alpha value is -0.340. The van der Waals surface area contributed by atoms with Crippen molar-refractivity contribution in [2.45, 2.75) is 6.92 Å². The van der Waals surface area contributed by atoms with Gasteiger partial charge in [-0.05, 0) is 21.0 Å². The van der Waals surface area contributed by atoms with Gasteiger partial charge in [-0.25, -0.2) is 0 Å². The normalized spacial score (nSPS) is 8.11. The molecule has 0 bridgehead atoms. The molecule has 0 spiro atoms. The fraction of sp³-hybridized carbons (Fsp3) is 0.714. The van der Waals surface area contributed by atoms with E-state index in [1.165, 1.54) is 0 Å². The standard InChI is InChI=1S/C4H11NO.C3H6/c1-5(2)3-4-6;1-3-2/h6H,3-4H2,1-2H3;3H,1H2,2H3. The van der Waals surface area contributed by atoms with Crippen molar-refractivity contribution in [1.29, 1.82) is 0 Å². The highest BCUT2D eigenvalue weighted by Crippen LogP contribution is 1.66. The number of hydrogen-bond donors (Lipinski definition) is 1. The van der Waals surface area contributed by atoms with Crippen LogP contribution in [0.5, 0.6) is 0 Å². The SMILES string of the molecule is C=CC.CN(C)CCO. The summed E-state index contributed by atoms with van der Waals surface area (Å²) in [5.41, 5.74) is 0. The van der Waals surface area contributed by atoms with Gasteiger partial charge in [0, 0.05) is 6.54 Å². The highest BCUT2D eigenvalue weighted by atomic mass is 16.3. The topological polar surface area (TPSA) is 23.5 Å². The van der Waals surface area contributed by atoms with Crippen LogP contribution in [-0.2, 0) is 0 Å². The van der Waals surface area contributed by atoms with Crippen LogP contribution in [0.2, 0.25) is 0 Å². The van der Waals surface area contributed by atoms with Gasteiger partial charge >= 0.3 is 0 Å². The number of likely N-dealkylation sites (N-methyl/N-ethyl adjacent to an activating group) is 1. The van der Waals surface area contributed by atoms with Crippen LogP contribution in [0, 0.1) is 0 Å². The molecule has 0 saturated heterocycles. The second-order valence-electron chi connectivity index (χ2n) is 1.94. The van der Waals surface area contributed by atoms with Gasteiger partial charge in [0.2, 0.25) is 0 Å². The van der Waals surface area contributed by atoms with Crippen LogP contribution in [0.25, 0.3) is 0 Å². The molecule has 0 aliphatic heterocycles. The molecule has 0 aliphatic carbocycles. The molecule has 0 fully saturated rings. The van der Waals surface area contributed by atoms with E-state index in [1.54, 1.807) is 6.08 Å². The molecule has 0 aromatic heterocycles. The highest BCUT2D eigenvalue weighted by Gasteiger charge is 1.80. The lowest BCUT2D eigenvalue weighted by molar-refractivity contribution is 0.243. The lowest BCUT2D eigenvalue weighted by atomic mass is 10.6. The van der Waals surface area contributed by atoms with Gasteiger partial charge in [-0.1, -0.05) is 6.08 Å². The molecule has 0 saturated carbocycles. The summed E-state index contributed by atoms with van der Waals surface area (Å²) >= 11 is 0. The largest absolute Gasteiger partial charge is 0.395 e. The van der Waals surface area contributed by atoms with Crippen LogP contribution >= 0.6 is 0 Å². The molecule has 0 aliphatic rings. The third kappa shape index (κ3) is 34.7. The fourth-order valence-electron chi connectivity index (χ4n) is 0.200. The van der Waals surface area contributed by atoms with E-state index in [1.807, 2.05) is 25.9 Å². The Bertz CT molecular complexity index is 52.9. The van der Waals surface area contributed by atoms with E-state index >= 15 is 0 Å². The molecule has 1 N–H and O–H groups in total. The lowest BCUT2D eigenvalue weighted by Gasteiger charge is -2.03. The van der Waals surface area contributed by atoms with Gasteiger partial charge in [-0.3, -0.25) is 0 Å². The van der Waals surface area contributed by atoms with E-state index in [0.29, 0.717) is 0 Å². The molecule has 0 aromatic rings. The highest BCUT2D eigenvalue weighted by molar-refractivity contribution is 4.51. The predicted octanol–water partition coefficient (Wildman–Crippen LogP) is 0.733. The van der Waals surface area contributed by atoms with Crippen molar-refractivity contribution in [3.63, 3.8) is 0 Å². The van der Waals surface area contributed by atoms with Gasteiger partial charge in [-0.2, -0.15) is 0 Å². The van der Waals surface area contributed by atoms with Crippen molar-refractivity contribution >= 4 is 0 Å². The number of allylic oxidation sites excluding steroid dienone is 1. The van der Waals surface area contributed by atoms with Crippen LogP contribution in [-0.4, -0.2) is 37.3 Å². The van der Waals surface area contributed by atoms with Crippen molar-refractivity contribution in [2.75, 3.05) is 27.2 Å². The minimum absolute atomic E-state index is 0.257. The molecule has 0 rings (SSSR count). The Morgan fingerprint density at radius 1 is 1.56 bits per heavy atom. The first-order valence-electron chi connectivity index (χ1n) is 3.01. The van der Waals surface area contributed by atoms with E-state index in [2.05, 4.69) is 6.58 Å². The van der Waals surface area contributed by atoms with Gasteiger partial charge in [0.25, 0.3) is 0 Å². The van der Waals surface area contributed by atoms with Gasteiger partial charge in [0.15, 0.2) is 0 Å². The maximum atomic E-state index is 8.20. The first kappa shape index (κ1) is 11.5. The average Bonchev–Trinajstić information content (AvgIpc) is 1.67. The Morgan fingerprint density at radius 3 is 1.89 bits per heavy atom. The molecule has 0 amide bonds. The number of aliphatic hydroxyl groups excluding tert-OH is 1. The van der Waals surface area contributed by atoms with Crippen molar-refractivity contribution in [1.82, 2.24) is 4.90 Å². The lowest BCUT2D eigenvalue weighted by Crippen LogP contribution is -2.15. The number of rotatable bonds is 2. The number of hydrogen-bond acceptors (Lipinski definition) is 2. The Labute approximate surface area is 57.8 Å². The molecule has 56 valence electrons. The summed E-state index contributed by atoms with van der Waals surface area (Å²) in [5.74, 6) is 0. The second kappa shape index (κ2) is 10.6. The van der Waals surface area contributed by atoms with Crippen molar-refractivity contribution in [3.05, 3.63) is 12.7 Å². The Kier molecular flexibility index (Phi) is 13.5. The van der Waals surface area contributed by atoms with E-state index in [9.17, 15) is 0 Å². The minimum atomic E-state index is 0.257. The van der Waals surface area contributed by atoms with Crippen LogP contribution in [0.15, 0.2) is 12.7 Å². The molecular formula is C7H17NO. The Balaban J connectivity index is 0. The second-order valence-corrected chi connectivity index (χ2v) is 1.94. The third-order valence-electron chi connectivity index (χ3n) is 0.547. The molecule has 2 nitrogen and oxygen atoms in total. The number of aliphatic hydroxyl groups is 1. The van der Waals surface area contributed by atoms with Gasteiger partial charge in [0.05, 0.1) is 6.61 Å². The van der Waals surface area contributed by atoms with Crippen LogP contribution < -0.4 is 0 Å². The predicted molar refractivity (Wildman–Crippen MR) is 41.5 cm³/mol. The summed E-state index contributed by atoms with van der Waals surface area (Å²) in [5, 5.41) is 8.20. The molecular weight excluding hydrogens is 114 g/mol. The summed E-state index contributed by atoms with van der Waals surface area (Å²) < 4.78 is 0. The first-order chi connectivity index (χ1) is 4.18. The van der Waals surface area contributed by atoms with Crippen LogP contribution in [0.3, 0.4) is 0 Å². The zero-order valence-corrected chi connectivity index (χ0v) is 6.59. The summed E-state index contributed by atoms with van der Waals surface area (Å²) in [6, 6.07) is 0. The summed E-state index contributed by atoms with van der Waals surface area (Å²) in [4.78, 5) is 1.93. The van der Waals surface area contributed by atoms with Crippen molar-refractivity contribution in [2.24, 2.45) is 0 Å². The van der Waals surface area contributed by atoms with Crippen LogP contribution in [0.4, 0.5) is 0 Å². The summed E-state index contributed by atoms with van der Waals surface area (Å²) in [6.07, 6.45) is 1.75. The van der Waals surface area contributed by atoms with E-state index in [0.717, 1.165) is 6.54 Å². The van der Waals surface area contributed by atoms with Crippen molar-refractivity contribution < 1.29 is 5.11 Å². The molecule has 0 unspecified atom stereocenters. The average molecular weight is 131 g/mol. The van der Waals surface area contributed by atoms with E-state index in [-0.39, 0.29) is 6.61 Å². The molecule has 0 radical (unpaired) electrons. The molecule has 0 aromatic carbocycles. The Morgan fingerprint density at radius 2 is 1.89 bits per heavy atom.